The van der Waals surface area contributed by atoms with Crippen molar-refractivity contribution in [3.8, 4) is 0 Å². The van der Waals surface area contributed by atoms with E-state index in [-0.39, 0.29) is 18.6 Å². The molecule has 1 aromatic heterocycles. The van der Waals surface area contributed by atoms with Gasteiger partial charge in [0.05, 0.1) is 18.2 Å². The van der Waals surface area contributed by atoms with Crippen LogP contribution in [0.2, 0.25) is 0 Å². The molecule has 0 aliphatic carbocycles. The van der Waals surface area contributed by atoms with Gasteiger partial charge in [-0.15, -0.1) is 11.3 Å². The molecule has 1 aromatic carbocycles. The first-order chi connectivity index (χ1) is 15.0. The monoisotopic (exact) mass is 440 g/mol. The van der Waals surface area contributed by atoms with Crippen LogP contribution in [0.5, 0.6) is 0 Å². The van der Waals surface area contributed by atoms with Gasteiger partial charge >= 0.3 is 12.0 Å². The number of urea groups is 1. The predicted molar refractivity (Wildman–Crippen MR) is 122 cm³/mol. The van der Waals surface area contributed by atoms with Gasteiger partial charge in [0.15, 0.2) is 0 Å². The zero-order valence-corrected chi connectivity index (χ0v) is 18.7. The molecule has 0 spiro atoms. The van der Waals surface area contributed by atoms with E-state index < -0.39 is 6.04 Å². The molecule has 0 radical (unpaired) electrons. The Morgan fingerprint density at radius 1 is 1.19 bits per heavy atom. The number of nitrogens with one attached hydrogen (secondary N) is 2. The van der Waals surface area contributed by atoms with Gasteiger partial charge in [0.1, 0.15) is 0 Å². The number of rotatable bonds is 6. The molecule has 2 aromatic rings. The van der Waals surface area contributed by atoms with Crippen LogP contribution in [-0.4, -0.2) is 56.2 Å². The third kappa shape index (κ3) is 4.91. The van der Waals surface area contributed by atoms with Crippen molar-refractivity contribution < 1.29 is 14.3 Å². The molecule has 4 rings (SSSR count). The lowest BCUT2D eigenvalue weighted by atomic mass is 10.0. The summed E-state index contributed by atoms with van der Waals surface area (Å²) in [5, 5.41) is 7.70. The van der Waals surface area contributed by atoms with Crippen molar-refractivity contribution in [1.82, 2.24) is 15.5 Å². The van der Waals surface area contributed by atoms with E-state index in [9.17, 15) is 9.59 Å². The van der Waals surface area contributed by atoms with E-state index in [0.717, 1.165) is 31.1 Å². The van der Waals surface area contributed by atoms with Crippen LogP contribution in [-0.2, 0) is 9.53 Å². The van der Waals surface area contributed by atoms with Gasteiger partial charge in [-0.1, -0.05) is 18.2 Å². The second-order valence-corrected chi connectivity index (χ2v) is 8.74. The van der Waals surface area contributed by atoms with Gasteiger partial charge in [-0.3, -0.25) is 4.90 Å². The topological polar surface area (TPSA) is 73.9 Å². The molecule has 7 nitrogen and oxygen atoms in total. The van der Waals surface area contributed by atoms with Crippen molar-refractivity contribution >= 4 is 29.0 Å². The van der Waals surface area contributed by atoms with Gasteiger partial charge in [-0.2, -0.15) is 0 Å². The number of piperazine rings is 1. The highest BCUT2D eigenvalue weighted by Crippen LogP contribution is 2.31. The number of benzene rings is 1. The summed E-state index contributed by atoms with van der Waals surface area (Å²) in [6.45, 7) is 8.17. The summed E-state index contributed by atoms with van der Waals surface area (Å²) < 4.78 is 5.34. The quantitative estimate of drug-likeness (QED) is 0.676. The molecule has 2 aliphatic rings. The third-order valence-corrected chi connectivity index (χ3v) is 6.53. The number of hydrogen-bond donors (Lipinski definition) is 2. The molecule has 0 saturated carbocycles. The molecule has 164 valence electrons. The number of hydrogen-bond acceptors (Lipinski definition) is 6. The van der Waals surface area contributed by atoms with E-state index in [4.69, 9.17) is 4.74 Å². The fourth-order valence-corrected chi connectivity index (χ4v) is 4.86. The third-order valence-electron chi connectivity index (χ3n) is 5.60. The number of carbonyl (C=O) groups is 2. The number of esters is 1. The van der Waals surface area contributed by atoms with Gasteiger partial charge in [-0.25, -0.2) is 9.59 Å². The van der Waals surface area contributed by atoms with Crippen LogP contribution >= 0.6 is 11.3 Å². The number of amides is 2. The Labute approximate surface area is 186 Å². The van der Waals surface area contributed by atoms with Crippen LogP contribution in [0, 0.1) is 6.92 Å². The average Bonchev–Trinajstić information content (AvgIpc) is 3.29. The van der Waals surface area contributed by atoms with Gasteiger partial charge in [0, 0.05) is 49.0 Å². The molecule has 31 heavy (non-hydrogen) atoms. The lowest BCUT2D eigenvalue weighted by Crippen LogP contribution is -2.51. The lowest BCUT2D eigenvalue weighted by molar-refractivity contribution is -0.139. The van der Waals surface area contributed by atoms with E-state index >= 15 is 0 Å². The standard InChI is InChI=1S/C23H28N4O3S/c1-3-30-22(28)20-18(24-23(29)25-21(20)19-8-5-13-31-19)15-26-9-11-27(12-10-26)17-7-4-6-16(2)14-17/h4-8,13-14,21H,3,9-12,15H2,1-2H3,(H2,24,25,29)/t21-/m1/s1. The fourth-order valence-electron chi connectivity index (χ4n) is 4.07. The van der Waals surface area contributed by atoms with E-state index in [1.54, 1.807) is 6.92 Å². The minimum atomic E-state index is -0.489. The minimum absolute atomic E-state index is 0.288. The Kier molecular flexibility index (Phi) is 6.58. The van der Waals surface area contributed by atoms with Crippen molar-refractivity contribution in [1.29, 1.82) is 0 Å². The van der Waals surface area contributed by atoms with E-state index in [1.165, 1.54) is 22.6 Å². The van der Waals surface area contributed by atoms with Crippen LogP contribution in [0.4, 0.5) is 10.5 Å². The summed E-state index contributed by atoms with van der Waals surface area (Å²) in [5.41, 5.74) is 3.61. The summed E-state index contributed by atoms with van der Waals surface area (Å²) in [6.07, 6.45) is 0. The second kappa shape index (κ2) is 9.53. The summed E-state index contributed by atoms with van der Waals surface area (Å²) in [4.78, 5) is 30.8. The number of carbonyl (C=O) groups excluding carboxylic acids is 2. The van der Waals surface area contributed by atoms with E-state index in [2.05, 4.69) is 51.6 Å². The van der Waals surface area contributed by atoms with Crippen molar-refractivity contribution in [2.24, 2.45) is 0 Å². The van der Waals surface area contributed by atoms with Crippen molar-refractivity contribution in [3.63, 3.8) is 0 Å². The second-order valence-electron chi connectivity index (χ2n) is 7.76. The Balaban J connectivity index is 1.52. The SMILES string of the molecule is CCOC(=O)C1=C(CN2CCN(c3cccc(C)c3)CC2)NC(=O)N[C@@H]1c1cccs1. The Morgan fingerprint density at radius 3 is 2.68 bits per heavy atom. The summed E-state index contributed by atoms with van der Waals surface area (Å²) in [5.74, 6) is -0.387. The number of nitrogens with zero attached hydrogens (tertiary/aromatic N) is 2. The first-order valence-electron chi connectivity index (χ1n) is 10.6. The molecule has 1 saturated heterocycles. The van der Waals surface area contributed by atoms with Crippen LogP contribution in [0.25, 0.3) is 0 Å². The summed E-state index contributed by atoms with van der Waals surface area (Å²) in [7, 11) is 0. The van der Waals surface area contributed by atoms with E-state index in [1.807, 2.05) is 17.5 Å². The number of ether oxygens (including phenoxy) is 1. The number of aryl methyl sites for hydroxylation is 1. The smallest absolute Gasteiger partial charge is 0.338 e. The van der Waals surface area contributed by atoms with Crippen LogP contribution in [0.3, 0.4) is 0 Å². The first kappa shape index (κ1) is 21.4. The maximum atomic E-state index is 12.8. The minimum Gasteiger partial charge on any atom is -0.463 e. The molecule has 2 amide bonds. The molecule has 1 atom stereocenters. The fraction of sp³-hybridized carbons (Fsp3) is 0.391. The number of anilines is 1. The highest BCUT2D eigenvalue weighted by molar-refractivity contribution is 7.10. The van der Waals surface area contributed by atoms with Gasteiger partial charge < -0.3 is 20.3 Å². The predicted octanol–water partition coefficient (Wildman–Crippen LogP) is 3.05. The van der Waals surface area contributed by atoms with Crippen molar-refractivity contribution in [2.45, 2.75) is 19.9 Å². The Bertz CT molecular complexity index is 965. The molecule has 8 heteroatoms. The zero-order chi connectivity index (χ0) is 21.8. The molecular formula is C23H28N4O3S. The molecule has 2 N–H and O–H groups in total. The number of thiophene rings is 1. The highest BCUT2D eigenvalue weighted by Gasteiger charge is 2.35. The molecule has 1 fully saturated rings. The average molecular weight is 441 g/mol. The first-order valence-corrected chi connectivity index (χ1v) is 11.5. The normalized spacial score (nSPS) is 19.7. The van der Waals surface area contributed by atoms with Crippen molar-refractivity contribution in [3.05, 3.63) is 63.5 Å². The lowest BCUT2D eigenvalue weighted by Gasteiger charge is -2.38. The molecule has 0 unspecified atom stereocenters. The maximum absolute atomic E-state index is 12.8. The van der Waals surface area contributed by atoms with Crippen LogP contribution < -0.4 is 15.5 Å². The molecular weight excluding hydrogens is 412 g/mol. The zero-order valence-electron chi connectivity index (χ0n) is 17.9. The molecule has 3 heterocycles. The van der Waals surface area contributed by atoms with Crippen LogP contribution in [0.15, 0.2) is 53.0 Å². The Morgan fingerprint density at radius 2 is 2.00 bits per heavy atom. The van der Waals surface area contributed by atoms with E-state index in [0.29, 0.717) is 17.8 Å². The molecule has 0 bridgehead atoms. The van der Waals surface area contributed by atoms with Gasteiger partial charge in [-0.05, 0) is 43.0 Å². The molecule has 2 aliphatic heterocycles. The maximum Gasteiger partial charge on any atom is 0.338 e. The van der Waals surface area contributed by atoms with Gasteiger partial charge in [0.25, 0.3) is 0 Å². The summed E-state index contributed by atoms with van der Waals surface area (Å²) in [6, 6.07) is 11.6. The largest absolute Gasteiger partial charge is 0.463 e. The Hall–Kier alpha value is -2.84. The van der Waals surface area contributed by atoms with Gasteiger partial charge in [0.2, 0.25) is 0 Å². The van der Waals surface area contributed by atoms with Crippen LogP contribution in [0.1, 0.15) is 23.4 Å². The highest BCUT2D eigenvalue weighted by atomic mass is 32.1. The summed E-state index contributed by atoms with van der Waals surface area (Å²) >= 11 is 1.51. The van der Waals surface area contributed by atoms with Crippen molar-refractivity contribution in [2.75, 3.05) is 44.2 Å².